The second-order valence-electron chi connectivity index (χ2n) is 4.43. The van der Waals surface area contributed by atoms with Crippen LogP contribution in [0.1, 0.15) is 24.2 Å². The molecule has 0 aliphatic heterocycles. The topological polar surface area (TPSA) is 95.5 Å². The van der Waals surface area contributed by atoms with E-state index < -0.39 is 11.8 Å². The number of rotatable bonds is 6. The van der Waals surface area contributed by atoms with Crippen molar-refractivity contribution < 1.29 is 19.5 Å². The van der Waals surface area contributed by atoms with Gasteiger partial charge in [0, 0.05) is 29.4 Å². The highest BCUT2D eigenvalue weighted by Gasteiger charge is 2.07. The minimum Gasteiger partial charge on any atom is -0.395 e. The van der Waals surface area contributed by atoms with E-state index in [9.17, 15) is 14.4 Å². The van der Waals surface area contributed by atoms with Gasteiger partial charge in [-0.25, -0.2) is 0 Å². The Hall–Kier alpha value is -2.47. The molecule has 3 N–H and O–H groups in total. The second kappa shape index (κ2) is 7.96. The Morgan fingerprint density at radius 2 is 1.76 bits per heavy atom. The van der Waals surface area contributed by atoms with Gasteiger partial charge in [-0.2, -0.15) is 0 Å². The maximum atomic E-state index is 11.9. The Balaban J connectivity index is 2.65. The van der Waals surface area contributed by atoms with E-state index in [0.29, 0.717) is 11.3 Å². The first kappa shape index (κ1) is 16.6. The van der Waals surface area contributed by atoms with Crippen molar-refractivity contribution in [3.05, 3.63) is 41.5 Å². The number of aliphatic hydroxyl groups is 1. The fourth-order valence-electron chi connectivity index (χ4n) is 1.51. The van der Waals surface area contributed by atoms with E-state index in [1.54, 1.807) is 24.3 Å². The van der Waals surface area contributed by atoms with Gasteiger partial charge in [-0.15, -0.1) is 0 Å². The average Bonchev–Trinajstić information content (AvgIpc) is 2.45. The molecule has 0 aliphatic rings. The molecular weight excluding hydrogens is 272 g/mol. The summed E-state index contributed by atoms with van der Waals surface area (Å²) in [5.74, 6) is -0.905. The smallest absolute Gasteiger partial charge is 0.251 e. The van der Waals surface area contributed by atoms with Crippen LogP contribution in [0.2, 0.25) is 0 Å². The summed E-state index contributed by atoms with van der Waals surface area (Å²) in [6.07, 6.45) is 1.16. The summed E-state index contributed by atoms with van der Waals surface area (Å²) in [6.45, 7) is 2.95. The molecule has 21 heavy (non-hydrogen) atoms. The summed E-state index contributed by atoms with van der Waals surface area (Å²) in [4.78, 5) is 34.4. The van der Waals surface area contributed by atoms with Crippen LogP contribution in [0.15, 0.2) is 35.9 Å². The van der Waals surface area contributed by atoms with Crippen LogP contribution in [0.4, 0.5) is 5.69 Å². The number of hydrogen-bond acceptors (Lipinski definition) is 4. The Kier molecular flexibility index (Phi) is 6.29. The van der Waals surface area contributed by atoms with Crippen molar-refractivity contribution in [2.75, 3.05) is 18.5 Å². The van der Waals surface area contributed by atoms with Gasteiger partial charge in [0.1, 0.15) is 0 Å². The summed E-state index contributed by atoms with van der Waals surface area (Å²) < 4.78 is 0. The van der Waals surface area contributed by atoms with Gasteiger partial charge in [0.2, 0.25) is 5.91 Å². The third-order valence-electron chi connectivity index (χ3n) is 2.67. The van der Waals surface area contributed by atoms with E-state index in [1.165, 1.54) is 13.8 Å². The SMILES string of the molecule is CC(=O)c1ccc(NC(=O)/C(C)=C\C(=O)NCCO)cc1. The molecule has 0 saturated heterocycles. The standard InChI is InChI=1S/C15H18N2O4/c1-10(9-14(20)16-7-8-18)15(21)17-13-5-3-12(4-6-13)11(2)19/h3-6,9,18H,7-8H2,1-2H3,(H,16,20)(H,17,21)/b10-9-. The molecule has 112 valence electrons. The van der Waals surface area contributed by atoms with Crippen molar-refractivity contribution >= 4 is 23.3 Å². The molecule has 6 nitrogen and oxygen atoms in total. The van der Waals surface area contributed by atoms with E-state index in [1.807, 2.05) is 0 Å². The second-order valence-corrected chi connectivity index (χ2v) is 4.43. The maximum absolute atomic E-state index is 11.9. The molecule has 1 aromatic carbocycles. The minimum absolute atomic E-state index is 0.0514. The molecule has 1 aromatic rings. The number of Topliss-reactive ketones (excluding diaryl/α,β-unsaturated/α-hetero) is 1. The summed E-state index contributed by atoms with van der Waals surface area (Å²) >= 11 is 0. The maximum Gasteiger partial charge on any atom is 0.251 e. The van der Waals surface area contributed by atoms with Crippen molar-refractivity contribution in [2.24, 2.45) is 0 Å². The average molecular weight is 290 g/mol. The predicted molar refractivity (Wildman–Crippen MR) is 78.9 cm³/mol. The zero-order valence-electron chi connectivity index (χ0n) is 12.0. The zero-order valence-corrected chi connectivity index (χ0v) is 12.0. The molecule has 0 unspecified atom stereocenters. The molecule has 0 bridgehead atoms. The van der Waals surface area contributed by atoms with Crippen molar-refractivity contribution in [1.29, 1.82) is 0 Å². The first-order valence-corrected chi connectivity index (χ1v) is 6.43. The van der Waals surface area contributed by atoms with Gasteiger partial charge in [-0.3, -0.25) is 14.4 Å². The van der Waals surface area contributed by atoms with Gasteiger partial charge in [0.25, 0.3) is 5.91 Å². The summed E-state index contributed by atoms with van der Waals surface area (Å²) in [7, 11) is 0. The largest absolute Gasteiger partial charge is 0.395 e. The highest BCUT2D eigenvalue weighted by Crippen LogP contribution is 2.11. The fourth-order valence-corrected chi connectivity index (χ4v) is 1.51. The molecule has 1 rings (SSSR count). The summed E-state index contributed by atoms with van der Waals surface area (Å²) in [5, 5.41) is 13.6. The molecule has 0 aliphatic carbocycles. The Morgan fingerprint density at radius 3 is 2.29 bits per heavy atom. The first-order chi connectivity index (χ1) is 9.93. The lowest BCUT2D eigenvalue weighted by Gasteiger charge is -2.06. The highest BCUT2D eigenvalue weighted by molar-refractivity contribution is 6.07. The summed E-state index contributed by atoms with van der Waals surface area (Å²) in [6, 6.07) is 6.47. The Bertz CT molecular complexity index is 562. The van der Waals surface area contributed by atoms with Crippen LogP contribution in [-0.2, 0) is 9.59 Å². The van der Waals surface area contributed by atoms with Gasteiger partial charge in [-0.05, 0) is 38.1 Å². The van der Waals surface area contributed by atoms with E-state index in [2.05, 4.69) is 10.6 Å². The number of ketones is 1. The third-order valence-corrected chi connectivity index (χ3v) is 2.67. The zero-order chi connectivity index (χ0) is 15.8. The van der Waals surface area contributed by atoms with Crippen LogP contribution in [0.25, 0.3) is 0 Å². The quantitative estimate of drug-likeness (QED) is 0.535. The normalized spacial score (nSPS) is 10.9. The molecule has 0 radical (unpaired) electrons. The number of aliphatic hydroxyl groups excluding tert-OH is 1. The van der Waals surface area contributed by atoms with Gasteiger partial charge >= 0.3 is 0 Å². The molecule has 0 atom stereocenters. The monoisotopic (exact) mass is 290 g/mol. The van der Waals surface area contributed by atoms with Gasteiger partial charge < -0.3 is 15.7 Å². The van der Waals surface area contributed by atoms with Crippen molar-refractivity contribution in [3.63, 3.8) is 0 Å². The summed E-state index contributed by atoms with van der Waals surface area (Å²) in [5.41, 5.74) is 1.33. The third kappa shape index (κ3) is 5.58. The van der Waals surface area contributed by atoms with Crippen molar-refractivity contribution in [2.45, 2.75) is 13.8 Å². The van der Waals surface area contributed by atoms with Crippen LogP contribution in [-0.4, -0.2) is 35.9 Å². The number of nitrogens with one attached hydrogen (secondary N) is 2. The van der Waals surface area contributed by atoms with Crippen LogP contribution in [0.5, 0.6) is 0 Å². The Morgan fingerprint density at radius 1 is 1.14 bits per heavy atom. The van der Waals surface area contributed by atoms with Crippen LogP contribution in [0, 0.1) is 0 Å². The van der Waals surface area contributed by atoms with Crippen molar-refractivity contribution in [1.82, 2.24) is 5.32 Å². The van der Waals surface area contributed by atoms with Gasteiger partial charge in [0.05, 0.1) is 6.61 Å². The first-order valence-electron chi connectivity index (χ1n) is 6.43. The Labute approximate surface area is 122 Å². The molecule has 0 fully saturated rings. The molecule has 6 heteroatoms. The number of amides is 2. The van der Waals surface area contributed by atoms with Crippen LogP contribution < -0.4 is 10.6 Å². The molecular formula is C15H18N2O4. The van der Waals surface area contributed by atoms with Gasteiger partial charge in [-0.1, -0.05) is 0 Å². The van der Waals surface area contributed by atoms with E-state index in [0.717, 1.165) is 6.08 Å². The predicted octanol–water partition coefficient (Wildman–Crippen LogP) is 0.882. The molecule has 2 amide bonds. The number of anilines is 1. The number of carbonyl (C=O) groups excluding carboxylic acids is 3. The molecule has 0 heterocycles. The van der Waals surface area contributed by atoms with E-state index in [-0.39, 0.29) is 24.5 Å². The van der Waals surface area contributed by atoms with Crippen LogP contribution >= 0.6 is 0 Å². The van der Waals surface area contributed by atoms with Crippen LogP contribution in [0.3, 0.4) is 0 Å². The number of carbonyl (C=O) groups is 3. The lowest BCUT2D eigenvalue weighted by Crippen LogP contribution is -2.25. The lowest BCUT2D eigenvalue weighted by atomic mass is 10.1. The highest BCUT2D eigenvalue weighted by atomic mass is 16.3. The van der Waals surface area contributed by atoms with Crippen molar-refractivity contribution in [3.8, 4) is 0 Å². The van der Waals surface area contributed by atoms with E-state index in [4.69, 9.17) is 5.11 Å². The number of benzene rings is 1. The minimum atomic E-state index is -0.441. The number of hydrogen-bond donors (Lipinski definition) is 3. The molecule has 0 saturated carbocycles. The van der Waals surface area contributed by atoms with E-state index >= 15 is 0 Å². The molecule has 0 spiro atoms. The van der Waals surface area contributed by atoms with Gasteiger partial charge in [0.15, 0.2) is 5.78 Å². The lowest BCUT2D eigenvalue weighted by molar-refractivity contribution is -0.117. The fraction of sp³-hybridized carbons (Fsp3) is 0.267. The molecule has 0 aromatic heterocycles.